The fourth-order valence-electron chi connectivity index (χ4n) is 12.0. The lowest BCUT2D eigenvalue weighted by atomic mass is 9.81. The molecule has 0 amide bonds. The van der Waals surface area contributed by atoms with Crippen LogP contribution in [0.2, 0.25) is 0 Å². The third kappa shape index (κ3) is 4.91. The molecule has 1 aliphatic rings. The summed E-state index contributed by atoms with van der Waals surface area (Å²) in [4.78, 5) is 0. The van der Waals surface area contributed by atoms with E-state index in [-0.39, 0.29) is 5.41 Å². The number of fused-ring (bicyclic) bond motifs is 17. The molecule has 0 radical (unpaired) electrons. The Balaban J connectivity index is 0.903. The minimum absolute atomic E-state index is 0.242. The lowest BCUT2D eigenvalue weighted by molar-refractivity contribution is 0.660. The molecular formula is C63H41N3O. The Hall–Kier alpha value is -8.60. The Morgan fingerprint density at radius 2 is 0.746 bits per heavy atom. The van der Waals surface area contributed by atoms with Gasteiger partial charge >= 0.3 is 0 Å². The maximum absolute atomic E-state index is 7.33. The van der Waals surface area contributed by atoms with Crippen molar-refractivity contribution in [2.75, 3.05) is 0 Å². The summed E-state index contributed by atoms with van der Waals surface area (Å²) in [6, 6.07) is 77.9. The summed E-state index contributed by atoms with van der Waals surface area (Å²) in [5, 5.41) is 9.54. The predicted octanol–water partition coefficient (Wildman–Crippen LogP) is 16.9. The Morgan fingerprint density at radius 3 is 1.36 bits per heavy atom. The van der Waals surface area contributed by atoms with Crippen LogP contribution < -0.4 is 0 Å². The van der Waals surface area contributed by atoms with Crippen molar-refractivity contribution < 1.29 is 4.42 Å². The molecule has 314 valence electrons. The smallest absolute Gasteiger partial charge is 0.160 e. The van der Waals surface area contributed by atoms with Gasteiger partial charge in [-0.1, -0.05) is 141 Å². The molecule has 0 fully saturated rings. The first-order valence-electron chi connectivity index (χ1n) is 23.3. The minimum Gasteiger partial charge on any atom is -0.452 e. The van der Waals surface area contributed by atoms with Gasteiger partial charge in [0.25, 0.3) is 0 Å². The van der Waals surface area contributed by atoms with Crippen molar-refractivity contribution >= 4 is 87.4 Å². The van der Waals surface area contributed by atoms with E-state index in [0.717, 1.165) is 55.4 Å². The van der Waals surface area contributed by atoms with Crippen LogP contribution in [0.25, 0.3) is 127 Å². The van der Waals surface area contributed by atoms with Crippen molar-refractivity contribution in [3.05, 3.63) is 223 Å². The zero-order valence-corrected chi connectivity index (χ0v) is 37.0. The fraction of sp³-hybridized carbons (Fsp3) is 0.0476. The van der Waals surface area contributed by atoms with E-state index in [1.165, 1.54) is 82.4 Å². The topological polar surface area (TPSA) is 27.9 Å². The molecule has 4 aromatic heterocycles. The van der Waals surface area contributed by atoms with Crippen LogP contribution >= 0.6 is 0 Å². The molecule has 0 aliphatic heterocycles. The molecule has 0 atom stereocenters. The third-order valence-electron chi connectivity index (χ3n) is 15.0. The zero-order valence-electron chi connectivity index (χ0n) is 37.0. The molecule has 15 rings (SSSR count). The van der Waals surface area contributed by atoms with Crippen LogP contribution in [-0.2, 0) is 5.41 Å². The van der Waals surface area contributed by atoms with E-state index >= 15 is 0 Å². The first-order chi connectivity index (χ1) is 33.0. The zero-order chi connectivity index (χ0) is 44.1. The molecule has 10 aromatic carbocycles. The van der Waals surface area contributed by atoms with Gasteiger partial charge in [-0.05, 0) is 118 Å². The highest BCUT2D eigenvalue weighted by atomic mass is 16.3. The van der Waals surface area contributed by atoms with E-state index in [4.69, 9.17) is 4.42 Å². The van der Waals surface area contributed by atoms with Gasteiger partial charge in [0.15, 0.2) is 11.2 Å². The van der Waals surface area contributed by atoms with Gasteiger partial charge in [0.1, 0.15) is 0 Å². The van der Waals surface area contributed by atoms with Crippen molar-refractivity contribution in [3.8, 4) is 39.3 Å². The first kappa shape index (κ1) is 36.7. The average molecular weight is 856 g/mol. The van der Waals surface area contributed by atoms with E-state index in [9.17, 15) is 0 Å². The maximum Gasteiger partial charge on any atom is 0.160 e. The van der Waals surface area contributed by atoms with E-state index in [2.05, 4.69) is 240 Å². The second kappa shape index (κ2) is 13.2. The van der Waals surface area contributed by atoms with Crippen molar-refractivity contribution in [2.24, 2.45) is 0 Å². The average Bonchev–Trinajstić information content (AvgIpc) is 4.16. The summed E-state index contributed by atoms with van der Waals surface area (Å²) in [5.41, 5.74) is 19.6. The van der Waals surface area contributed by atoms with E-state index in [1.54, 1.807) is 0 Å². The normalized spacial score (nSPS) is 13.3. The molecular weight excluding hydrogens is 815 g/mol. The molecule has 4 nitrogen and oxygen atoms in total. The summed E-state index contributed by atoms with van der Waals surface area (Å²) in [5.74, 6) is 0. The van der Waals surface area contributed by atoms with Gasteiger partial charge in [-0.25, -0.2) is 0 Å². The van der Waals surface area contributed by atoms with Crippen molar-refractivity contribution in [1.82, 2.24) is 13.7 Å². The molecule has 1 aliphatic carbocycles. The van der Waals surface area contributed by atoms with Gasteiger partial charge < -0.3 is 18.1 Å². The molecule has 0 saturated heterocycles. The molecule has 4 heteroatoms. The summed E-state index contributed by atoms with van der Waals surface area (Å²) < 4.78 is 14.5. The number of hydrogen-bond donors (Lipinski definition) is 0. The molecule has 0 unspecified atom stereocenters. The Labute approximate surface area is 385 Å². The third-order valence-corrected chi connectivity index (χ3v) is 15.0. The van der Waals surface area contributed by atoms with Crippen molar-refractivity contribution in [1.29, 1.82) is 0 Å². The molecule has 14 aromatic rings. The highest BCUT2D eigenvalue weighted by Gasteiger charge is 2.36. The van der Waals surface area contributed by atoms with Crippen LogP contribution in [-0.4, -0.2) is 13.7 Å². The number of benzene rings is 10. The SMILES string of the molecule is CC1(C)c2cc(-c3ccc4c(c3)c3ccccc3n4-c3ccccc3)ccc2-c2ccc(-n3c4ccccc4c4ccc5c6ccc7c8ccccc8n(-c8ccccc8)c7c6oc5c43)cc21. The number of hydrogen-bond acceptors (Lipinski definition) is 1. The highest BCUT2D eigenvalue weighted by molar-refractivity contribution is 6.26. The Bertz CT molecular complexity index is 4410. The number of para-hydroxylation sites is 5. The van der Waals surface area contributed by atoms with E-state index in [1.807, 2.05) is 0 Å². The summed E-state index contributed by atoms with van der Waals surface area (Å²) in [7, 11) is 0. The van der Waals surface area contributed by atoms with Crippen LogP contribution in [0.1, 0.15) is 25.0 Å². The van der Waals surface area contributed by atoms with Gasteiger partial charge in [-0.3, -0.25) is 0 Å². The maximum atomic E-state index is 7.33. The lowest BCUT2D eigenvalue weighted by Crippen LogP contribution is -2.15. The Morgan fingerprint density at radius 1 is 0.313 bits per heavy atom. The quantitative estimate of drug-likeness (QED) is 0.173. The lowest BCUT2D eigenvalue weighted by Gasteiger charge is -2.23. The van der Waals surface area contributed by atoms with Crippen LogP contribution in [0, 0.1) is 0 Å². The molecule has 67 heavy (non-hydrogen) atoms. The van der Waals surface area contributed by atoms with E-state index in [0.29, 0.717) is 0 Å². The monoisotopic (exact) mass is 855 g/mol. The standard InChI is InChI=1S/C63H41N3O/c1-63(2)53-36-39(38-26-34-58-52(35-38)47-21-11-12-22-55(47)64(58)40-15-5-3-6-16-40)25-28-43(53)44-29-27-42(37-54(44)63)66-57-24-14-10-20-46(57)49-31-33-51-50-32-30-48-45-19-9-13-23-56(45)65(41-17-7-4-8-18-41)59(48)61(50)67-62(51)60(49)66/h3-37H,1-2H3. The fourth-order valence-corrected chi connectivity index (χ4v) is 12.0. The molecule has 0 bridgehead atoms. The molecule has 0 spiro atoms. The van der Waals surface area contributed by atoms with Crippen LogP contribution in [0.4, 0.5) is 0 Å². The summed E-state index contributed by atoms with van der Waals surface area (Å²) in [6.07, 6.45) is 0. The second-order valence-electron chi connectivity index (χ2n) is 18.9. The van der Waals surface area contributed by atoms with Gasteiger partial charge in [0.2, 0.25) is 0 Å². The van der Waals surface area contributed by atoms with Gasteiger partial charge in [0.05, 0.1) is 33.1 Å². The summed E-state index contributed by atoms with van der Waals surface area (Å²) in [6.45, 7) is 4.78. The van der Waals surface area contributed by atoms with Gasteiger partial charge in [-0.15, -0.1) is 0 Å². The van der Waals surface area contributed by atoms with Gasteiger partial charge in [-0.2, -0.15) is 0 Å². The number of aromatic nitrogens is 3. The largest absolute Gasteiger partial charge is 0.452 e. The second-order valence-corrected chi connectivity index (χ2v) is 18.9. The number of nitrogens with zero attached hydrogens (tertiary/aromatic N) is 3. The number of rotatable bonds is 4. The van der Waals surface area contributed by atoms with Gasteiger partial charge in [0, 0.05) is 65.6 Å². The van der Waals surface area contributed by atoms with Crippen molar-refractivity contribution in [3.63, 3.8) is 0 Å². The van der Waals surface area contributed by atoms with Crippen LogP contribution in [0.3, 0.4) is 0 Å². The number of furan rings is 1. The van der Waals surface area contributed by atoms with Crippen LogP contribution in [0.15, 0.2) is 217 Å². The predicted molar refractivity (Wildman–Crippen MR) is 280 cm³/mol. The highest BCUT2D eigenvalue weighted by Crippen LogP contribution is 2.52. The molecule has 4 heterocycles. The van der Waals surface area contributed by atoms with Crippen LogP contribution in [0.5, 0.6) is 0 Å². The Kier molecular flexibility index (Phi) is 7.26. The molecule has 0 saturated carbocycles. The first-order valence-corrected chi connectivity index (χ1v) is 23.3. The molecule has 0 N–H and O–H groups in total. The van der Waals surface area contributed by atoms with Crippen molar-refractivity contribution in [2.45, 2.75) is 19.3 Å². The van der Waals surface area contributed by atoms with E-state index < -0.39 is 0 Å². The minimum atomic E-state index is -0.242. The summed E-state index contributed by atoms with van der Waals surface area (Å²) >= 11 is 0.